The largest absolute Gasteiger partial charge is 0.273 e. The zero-order valence-electron chi connectivity index (χ0n) is 13.7. The summed E-state index contributed by atoms with van der Waals surface area (Å²) in [6.45, 7) is 11.5. The Bertz CT molecular complexity index is 502. The van der Waals surface area contributed by atoms with Crippen LogP contribution in [0.1, 0.15) is 20.3 Å². The fraction of sp³-hybridized carbons (Fsp3) is 0.389. The van der Waals surface area contributed by atoms with Gasteiger partial charge in [-0.3, -0.25) is 6.08 Å². The van der Waals surface area contributed by atoms with E-state index >= 15 is 0 Å². The molecule has 0 aromatic rings. The predicted molar refractivity (Wildman–Crippen MR) is 97.7 cm³/mol. The maximum Gasteiger partial charge on any atom is 0.0858 e. The third-order valence-corrected chi connectivity index (χ3v) is 7.58. The van der Waals surface area contributed by atoms with Crippen LogP contribution in [0.15, 0.2) is 52.0 Å². The van der Waals surface area contributed by atoms with Gasteiger partial charge in [0.05, 0.1) is 8.07 Å². The van der Waals surface area contributed by atoms with Gasteiger partial charge in [-0.05, 0) is 9.43 Å². The molecule has 0 spiro atoms. The normalized spacial score (nSPS) is 20.9. The first-order valence-electron chi connectivity index (χ1n) is 7.32. The third-order valence-electron chi connectivity index (χ3n) is 2.79. The fourth-order valence-corrected chi connectivity index (χ4v) is 4.94. The number of allylic oxidation sites excluding steroid dienone is 9. The van der Waals surface area contributed by atoms with Crippen LogP contribution in [0, 0.1) is 12.0 Å². The van der Waals surface area contributed by atoms with Gasteiger partial charge in [-0.15, -0.1) is 18.2 Å². The van der Waals surface area contributed by atoms with Crippen molar-refractivity contribution >= 4 is 23.0 Å². The molecule has 3 aliphatic rings. The van der Waals surface area contributed by atoms with Gasteiger partial charge in [0.25, 0.3) is 0 Å². The molecular formula is C18H25SSiZr-. The Morgan fingerprint density at radius 1 is 1.29 bits per heavy atom. The van der Waals surface area contributed by atoms with Crippen molar-refractivity contribution in [1.82, 2.24) is 0 Å². The molecule has 0 bridgehead atoms. The van der Waals surface area contributed by atoms with Crippen LogP contribution in [-0.2, 0) is 24.2 Å². The number of rotatable bonds is 1. The van der Waals surface area contributed by atoms with Crippen molar-refractivity contribution in [2.24, 2.45) is 5.92 Å². The molecule has 21 heavy (non-hydrogen) atoms. The first-order chi connectivity index (χ1) is 9.80. The Morgan fingerprint density at radius 2 is 1.95 bits per heavy atom. The summed E-state index contributed by atoms with van der Waals surface area (Å²) in [4.78, 5) is 1.53. The summed E-state index contributed by atoms with van der Waals surface area (Å²) in [5, 5.41) is 0. The standard InChI is InChI=1S/C10H14SSi.C5H5.C3H6.Zr/c1-12(2,3)10-7-8-5-4-6-9(8)11-10;1-2-4-5-3-1;1-3-2;/h4-8H,1-3H3;1-3H,4H2;1-2H3;/q;-1;;. The van der Waals surface area contributed by atoms with Gasteiger partial charge in [0.15, 0.2) is 0 Å². The van der Waals surface area contributed by atoms with Crippen LogP contribution in [-0.4, -0.2) is 11.3 Å². The Balaban J connectivity index is 0.000000203. The Labute approximate surface area is 150 Å². The predicted octanol–water partition coefficient (Wildman–Crippen LogP) is 5.62. The van der Waals surface area contributed by atoms with Gasteiger partial charge < -0.3 is 0 Å². The zero-order valence-corrected chi connectivity index (χ0v) is 18.0. The van der Waals surface area contributed by atoms with Crippen LogP contribution in [0.5, 0.6) is 0 Å². The summed E-state index contributed by atoms with van der Waals surface area (Å²) in [5.41, 5.74) is 0. The van der Waals surface area contributed by atoms with Crippen molar-refractivity contribution in [1.29, 1.82) is 0 Å². The monoisotopic (exact) mass is 391 g/mol. The number of hydrogen-bond acceptors (Lipinski definition) is 1. The van der Waals surface area contributed by atoms with Gasteiger partial charge >= 0.3 is 41.3 Å². The molecule has 112 valence electrons. The minimum absolute atomic E-state index is 0.636. The van der Waals surface area contributed by atoms with Crippen molar-refractivity contribution in [2.75, 3.05) is 0 Å². The molecule has 1 heterocycles. The van der Waals surface area contributed by atoms with E-state index in [-0.39, 0.29) is 0 Å². The van der Waals surface area contributed by atoms with E-state index in [0.717, 1.165) is 6.42 Å². The summed E-state index contributed by atoms with van der Waals surface area (Å²) in [6, 6.07) is 0. The van der Waals surface area contributed by atoms with E-state index in [1.54, 1.807) is 28.8 Å². The maximum absolute atomic E-state index is 2.99. The van der Waals surface area contributed by atoms with Gasteiger partial charge in [-0.1, -0.05) is 43.9 Å². The third kappa shape index (κ3) is 7.72. The Morgan fingerprint density at radius 3 is 2.33 bits per heavy atom. The summed E-state index contributed by atoms with van der Waals surface area (Å²) >= 11 is 3.56. The molecule has 0 aromatic heterocycles. The molecule has 0 saturated carbocycles. The first-order valence-corrected chi connectivity index (χ1v) is 12.9. The zero-order chi connectivity index (χ0) is 15.9. The average molecular weight is 393 g/mol. The van der Waals surface area contributed by atoms with E-state index in [0.29, 0.717) is 5.92 Å². The van der Waals surface area contributed by atoms with E-state index in [1.807, 2.05) is 23.9 Å². The van der Waals surface area contributed by atoms with E-state index in [1.165, 1.54) is 8.11 Å². The molecule has 1 atom stereocenters. The molecule has 0 radical (unpaired) electrons. The molecule has 0 amide bonds. The molecule has 0 N–H and O–H groups in total. The van der Waals surface area contributed by atoms with Crippen molar-refractivity contribution in [2.45, 2.75) is 39.9 Å². The molecular weight excluding hydrogens is 368 g/mol. The molecule has 1 aliphatic heterocycles. The van der Waals surface area contributed by atoms with E-state index in [9.17, 15) is 0 Å². The van der Waals surface area contributed by atoms with Crippen LogP contribution >= 0.6 is 11.8 Å². The average Bonchev–Trinajstić information content (AvgIpc) is 3.06. The Kier molecular flexibility index (Phi) is 8.38. The van der Waals surface area contributed by atoms with Crippen molar-refractivity contribution < 1.29 is 24.2 Å². The molecule has 3 heteroatoms. The maximum atomic E-state index is 2.99. The number of fused-ring (bicyclic) bond motifs is 1. The smallest absolute Gasteiger partial charge is 0.0858 e. The van der Waals surface area contributed by atoms with Crippen LogP contribution in [0.3, 0.4) is 0 Å². The van der Waals surface area contributed by atoms with Crippen LogP contribution in [0.25, 0.3) is 0 Å². The minimum Gasteiger partial charge on any atom is -0.273 e. The molecule has 0 fully saturated rings. The second-order valence-corrected chi connectivity index (χ2v) is 15.3. The van der Waals surface area contributed by atoms with Gasteiger partial charge in [0.1, 0.15) is 0 Å². The molecule has 0 aromatic carbocycles. The van der Waals surface area contributed by atoms with E-state index in [2.05, 4.69) is 69.9 Å². The molecule has 0 nitrogen and oxygen atoms in total. The van der Waals surface area contributed by atoms with Crippen molar-refractivity contribution in [3.63, 3.8) is 0 Å². The van der Waals surface area contributed by atoms with Gasteiger partial charge in [0.2, 0.25) is 0 Å². The topological polar surface area (TPSA) is 0 Å². The van der Waals surface area contributed by atoms with Gasteiger partial charge in [0, 0.05) is 5.92 Å². The molecule has 0 saturated heterocycles. The first kappa shape index (κ1) is 19.1. The summed E-state index contributed by atoms with van der Waals surface area (Å²) < 4.78 is 3.16. The van der Waals surface area contributed by atoms with Crippen LogP contribution < -0.4 is 0 Å². The summed E-state index contributed by atoms with van der Waals surface area (Å²) in [5.74, 6) is 0.636. The molecule has 2 aliphatic carbocycles. The van der Waals surface area contributed by atoms with E-state index < -0.39 is 8.07 Å². The van der Waals surface area contributed by atoms with Gasteiger partial charge in [-0.25, -0.2) is 12.2 Å². The summed E-state index contributed by atoms with van der Waals surface area (Å²) in [6.07, 6.45) is 19.2. The SMILES string of the molecule is C[C](C)=[Zr].C[Si](C)(C)C1=CC2C=CC=C2S1.[C-]1=CC=CC1. The number of thioether (sulfide) groups is 1. The fourth-order valence-electron chi connectivity index (χ4n) is 1.78. The number of hydrogen-bond donors (Lipinski definition) is 0. The van der Waals surface area contributed by atoms with Crippen molar-refractivity contribution in [3.05, 3.63) is 58.0 Å². The van der Waals surface area contributed by atoms with Crippen molar-refractivity contribution in [3.8, 4) is 0 Å². The van der Waals surface area contributed by atoms with Crippen LogP contribution in [0.2, 0.25) is 19.6 Å². The minimum atomic E-state index is -1.04. The van der Waals surface area contributed by atoms with Gasteiger partial charge in [-0.2, -0.15) is 6.08 Å². The molecule has 1 unspecified atom stereocenters. The summed E-state index contributed by atoms with van der Waals surface area (Å²) in [7, 11) is -1.04. The second kappa shape index (κ2) is 9.22. The Hall–Kier alpha value is 0.0200. The quantitative estimate of drug-likeness (QED) is 0.412. The van der Waals surface area contributed by atoms with Crippen LogP contribution in [0.4, 0.5) is 0 Å². The molecule has 3 rings (SSSR count). The van der Waals surface area contributed by atoms with E-state index in [4.69, 9.17) is 0 Å². The second-order valence-electron chi connectivity index (χ2n) is 6.37.